The molecule has 150 valence electrons. The van der Waals surface area contributed by atoms with Crippen molar-refractivity contribution in [1.29, 1.82) is 0 Å². The van der Waals surface area contributed by atoms with Crippen LogP contribution in [0.3, 0.4) is 0 Å². The van der Waals surface area contributed by atoms with Crippen LogP contribution in [-0.4, -0.2) is 43.2 Å². The van der Waals surface area contributed by atoms with Gasteiger partial charge in [-0.1, -0.05) is 0 Å². The number of aromatic amines is 1. The zero-order chi connectivity index (χ0) is 20.4. The van der Waals surface area contributed by atoms with Crippen LogP contribution in [0.1, 0.15) is 51.5 Å². The Morgan fingerprint density at radius 2 is 1.96 bits per heavy atom. The summed E-state index contributed by atoms with van der Waals surface area (Å²) in [6.45, 7) is 8.41. The summed E-state index contributed by atoms with van der Waals surface area (Å²) in [5.74, 6) is 1.05. The number of carbonyl (C=O) groups excluding carboxylic acids is 2. The van der Waals surface area contributed by atoms with Crippen LogP contribution in [0, 0.1) is 13.8 Å². The fourth-order valence-corrected chi connectivity index (χ4v) is 3.47. The fourth-order valence-electron chi connectivity index (χ4n) is 3.47. The lowest BCUT2D eigenvalue weighted by molar-refractivity contribution is -0.907. The van der Waals surface area contributed by atoms with E-state index in [1.54, 1.807) is 20.8 Å². The molecular weight excluding hydrogens is 360 g/mol. The van der Waals surface area contributed by atoms with Gasteiger partial charge in [-0.05, 0) is 51.5 Å². The molecule has 28 heavy (non-hydrogen) atoms. The van der Waals surface area contributed by atoms with Crippen molar-refractivity contribution in [2.75, 3.05) is 20.4 Å². The number of rotatable bonds is 7. The van der Waals surface area contributed by atoms with Gasteiger partial charge in [-0.15, -0.1) is 0 Å². The van der Waals surface area contributed by atoms with Crippen LogP contribution in [-0.2, 0) is 11.3 Å². The van der Waals surface area contributed by atoms with Crippen LogP contribution in [0.15, 0.2) is 18.2 Å². The van der Waals surface area contributed by atoms with E-state index in [1.807, 2.05) is 32.2 Å². The SMILES string of the molecule is CCOC(=O)c1c(C)[nH]c(C(=O)[C@H](C)[NH+](C)Cc2ccc3c(c2)OCO3)c1C. The molecule has 0 amide bonds. The molecule has 0 fully saturated rings. The van der Waals surface area contributed by atoms with Gasteiger partial charge in [0.2, 0.25) is 12.6 Å². The minimum atomic E-state index is -0.401. The molecule has 0 spiro atoms. The maximum Gasteiger partial charge on any atom is 0.340 e. The van der Waals surface area contributed by atoms with E-state index in [0.717, 1.165) is 22.0 Å². The molecule has 0 radical (unpaired) electrons. The van der Waals surface area contributed by atoms with Gasteiger partial charge in [0.15, 0.2) is 17.5 Å². The minimum Gasteiger partial charge on any atom is -0.462 e. The number of aryl methyl sites for hydroxylation is 1. The van der Waals surface area contributed by atoms with E-state index in [9.17, 15) is 9.59 Å². The van der Waals surface area contributed by atoms with Crippen molar-refractivity contribution in [3.8, 4) is 11.5 Å². The Bertz CT molecular complexity index is 902. The van der Waals surface area contributed by atoms with Gasteiger partial charge in [0.25, 0.3) is 0 Å². The Labute approximate surface area is 164 Å². The third kappa shape index (κ3) is 3.75. The summed E-state index contributed by atoms with van der Waals surface area (Å²) in [4.78, 5) is 29.4. The largest absolute Gasteiger partial charge is 0.462 e. The molecule has 1 aliphatic rings. The van der Waals surface area contributed by atoms with Crippen LogP contribution in [0.4, 0.5) is 0 Å². The summed E-state index contributed by atoms with van der Waals surface area (Å²) in [5.41, 5.74) is 3.28. The second-order valence-corrected chi connectivity index (χ2v) is 7.14. The Kier molecular flexibility index (Phi) is 5.74. The number of hydrogen-bond acceptors (Lipinski definition) is 5. The molecule has 1 aromatic carbocycles. The third-order valence-corrected chi connectivity index (χ3v) is 5.22. The van der Waals surface area contributed by atoms with Crippen molar-refractivity contribution in [2.24, 2.45) is 0 Å². The second-order valence-electron chi connectivity index (χ2n) is 7.14. The lowest BCUT2D eigenvalue weighted by atomic mass is 10.0. The number of quaternary nitrogens is 1. The van der Waals surface area contributed by atoms with Gasteiger partial charge in [0, 0.05) is 11.3 Å². The number of benzene rings is 1. The predicted molar refractivity (Wildman–Crippen MR) is 103 cm³/mol. The first kappa shape index (κ1) is 19.9. The van der Waals surface area contributed by atoms with Crippen LogP contribution < -0.4 is 14.4 Å². The number of esters is 1. The first-order valence-electron chi connectivity index (χ1n) is 9.44. The van der Waals surface area contributed by atoms with Crippen LogP contribution in [0.5, 0.6) is 11.5 Å². The van der Waals surface area contributed by atoms with Gasteiger partial charge in [-0.25, -0.2) is 4.79 Å². The number of fused-ring (bicyclic) bond motifs is 1. The lowest BCUT2D eigenvalue weighted by Crippen LogP contribution is -3.12. The summed E-state index contributed by atoms with van der Waals surface area (Å²) < 4.78 is 15.9. The predicted octanol–water partition coefficient (Wildman–Crippen LogP) is 1.82. The van der Waals surface area contributed by atoms with Crippen LogP contribution >= 0.6 is 0 Å². The van der Waals surface area contributed by atoms with E-state index in [-0.39, 0.29) is 18.6 Å². The number of aromatic nitrogens is 1. The fraction of sp³-hybridized carbons (Fsp3) is 0.429. The number of Topliss-reactive ketones (excluding diaryl/α,β-unsaturated/α-hetero) is 1. The quantitative estimate of drug-likeness (QED) is 0.560. The van der Waals surface area contributed by atoms with E-state index in [1.165, 1.54) is 0 Å². The van der Waals surface area contributed by atoms with E-state index < -0.39 is 5.97 Å². The number of H-pyrrole nitrogens is 1. The second kappa shape index (κ2) is 8.06. The van der Waals surface area contributed by atoms with Gasteiger partial charge >= 0.3 is 5.97 Å². The maximum absolute atomic E-state index is 13.1. The Hall–Kier alpha value is -2.80. The number of ketones is 1. The number of hydrogen-bond donors (Lipinski definition) is 2. The van der Waals surface area contributed by atoms with E-state index in [0.29, 0.717) is 35.7 Å². The molecule has 7 heteroatoms. The first-order valence-corrected chi connectivity index (χ1v) is 9.44. The average molecular weight is 387 g/mol. The van der Waals surface area contributed by atoms with Crippen molar-refractivity contribution < 1.29 is 28.7 Å². The molecule has 2 heterocycles. The Morgan fingerprint density at radius 1 is 1.25 bits per heavy atom. The smallest absolute Gasteiger partial charge is 0.340 e. The average Bonchev–Trinajstić information content (AvgIpc) is 3.24. The summed E-state index contributed by atoms with van der Waals surface area (Å²) in [7, 11) is 1.98. The van der Waals surface area contributed by atoms with Crippen molar-refractivity contribution in [2.45, 2.75) is 40.3 Å². The molecule has 0 saturated heterocycles. The van der Waals surface area contributed by atoms with Crippen molar-refractivity contribution in [3.05, 3.63) is 46.3 Å². The summed E-state index contributed by atoms with van der Waals surface area (Å²) in [6, 6.07) is 5.53. The maximum atomic E-state index is 13.1. The van der Waals surface area contributed by atoms with Crippen molar-refractivity contribution >= 4 is 11.8 Å². The molecule has 0 bridgehead atoms. The summed E-state index contributed by atoms with van der Waals surface area (Å²) in [5, 5.41) is 0. The highest BCUT2D eigenvalue weighted by Crippen LogP contribution is 2.32. The third-order valence-electron chi connectivity index (χ3n) is 5.22. The van der Waals surface area contributed by atoms with Gasteiger partial charge in [-0.2, -0.15) is 0 Å². The number of nitrogens with one attached hydrogen (secondary N) is 2. The molecule has 7 nitrogen and oxygen atoms in total. The first-order chi connectivity index (χ1) is 13.3. The van der Waals surface area contributed by atoms with Crippen molar-refractivity contribution in [1.82, 2.24) is 4.98 Å². The molecule has 3 rings (SSSR count). The lowest BCUT2D eigenvalue weighted by Gasteiger charge is -2.21. The standard InChI is InChI=1S/C21H26N2O5/c1-6-26-21(25)18-12(2)19(22-13(18)3)20(24)14(4)23(5)10-15-7-8-16-17(9-15)28-11-27-16/h7-9,14,22H,6,10-11H2,1-5H3/p+1/t14-/m0/s1. The monoisotopic (exact) mass is 387 g/mol. The Morgan fingerprint density at radius 3 is 2.68 bits per heavy atom. The molecule has 2 aromatic rings. The van der Waals surface area contributed by atoms with Gasteiger partial charge in [0.05, 0.1) is 24.9 Å². The molecule has 1 unspecified atom stereocenters. The van der Waals surface area contributed by atoms with Gasteiger partial charge < -0.3 is 24.1 Å². The molecule has 2 N–H and O–H groups in total. The molecule has 2 atom stereocenters. The van der Waals surface area contributed by atoms with E-state index >= 15 is 0 Å². The highest BCUT2D eigenvalue weighted by molar-refractivity contribution is 6.03. The molecule has 0 aliphatic carbocycles. The van der Waals surface area contributed by atoms with E-state index in [4.69, 9.17) is 14.2 Å². The summed E-state index contributed by atoms with van der Waals surface area (Å²) >= 11 is 0. The minimum absolute atomic E-state index is 0.0330. The zero-order valence-corrected chi connectivity index (χ0v) is 17.0. The number of ether oxygens (including phenoxy) is 3. The van der Waals surface area contributed by atoms with Gasteiger partial charge in [-0.3, -0.25) is 4.79 Å². The number of carbonyl (C=O) groups is 2. The normalized spacial score (nSPS) is 14.6. The molecular formula is C21H27N2O5+. The zero-order valence-electron chi connectivity index (χ0n) is 17.0. The number of likely N-dealkylation sites (N-methyl/N-ethyl adjacent to an activating group) is 1. The van der Waals surface area contributed by atoms with Crippen LogP contribution in [0.2, 0.25) is 0 Å². The molecule has 1 aromatic heterocycles. The molecule has 0 saturated carbocycles. The van der Waals surface area contributed by atoms with Crippen LogP contribution in [0.25, 0.3) is 0 Å². The van der Waals surface area contributed by atoms with Gasteiger partial charge in [0.1, 0.15) is 6.54 Å². The topological polar surface area (TPSA) is 82.1 Å². The highest BCUT2D eigenvalue weighted by atomic mass is 16.7. The Balaban J connectivity index is 1.75. The summed E-state index contributed by atoms with van der Waals surface area (Å²) in [6.07, 6.45) is 0. The highest BCUT2D eigenvalue weighted by Gasteiger charge is 2.30. The molecule has 1 aliphatic heterocycles. The van der Waals surface area contributed by atoms with Crippen molar-refractivity contribution in [3.63, 3.8) is 0 Å². The van der Waals surface area contributed by atoms with E-state index in [2.05, 4.69) is 4.98 Å².